The molecule has 1 atom stereocenters. The summed E-state index contributed by atoms with van der Waals surface area (Å²) in [6.07, 6.45) is 0.999. The lowest BCUT2D eigenvalue weighted by atomic mass is 10.0. The van der Waals surface area contributed by atoms with Gasteiger partial charge in [-0.1, -0.05) is 35.9 Å². The Kier molecular flexibility index (Phi) is 3.76. The third-order valence-corrected chi connectivity index (χ3v) is 3.99. The molecule has 1 N–H and O–H groups in total. The molecule has 108 valence electrons. The van der Waals surface area contributed by atoms with Gasteiger partial charge in [-0.3, -0.25) is 4.79 Å². The minimum Gasteiger partial charge on any atom is -0.388 e. The molecule has 2 aromatic rings. The first-order valence-electron chi connectivity index (χ1n) is 7.32. The molecule has 0 aromatic heterocycles. The molecule has 21 heavy (non-hydrogen) atoms. The van der Waals surface area contributed by atoms with Crippen molar-refractivity contribution in [1.29, 1.82) is 0 Å². The average molecular weight is 281 g/mol. The Hall–Kier alpha value is -2.13. The molecule has 0 saturated heterocycles. The molecule has 1 heterocycles. The van der Waals surface area contributed by atoms with Crippen LogP contribution >= 0.6 is 0 Å². The Labute approximate surface area is 124 Å². The number of amides is 1. The van der Waals surface area contributed by atoms with E-state index in [2.05, 4.69) is 0 Å². The van der Waals surface area contributed by atoms with Crippen LogP contribution in [0.15, 0.2) is 48.5 Å². The second-order valence-corrected chi connectivity index (χ2v) is 5.54. The van der Waals surface area contributed by atoms with Crippen molar-refractivity contribution >= 4 is 11.6 Å². The number of nitrogens with zero attached hydrogens (tertiary/aromatic N) is 1. The van der Waals surface area contributed by atoms with Gasteiger partial charge in [-0.25, -0.2) is 0 Å². The Morgan fingerprint density at radius 1 is 1.14 bits per heavy atom. The zero-order valence-corrected chi connectivity index (χ0v) is 12.1. The van der Waals surface area contributed by atoms with E-state index in [4.69, 9.17) is 0 Å². The summed E-state index contributed by atoms with van der Waals surface area (Å²) in [5, 5.41) is 10.2. The number of hydrogen-bond donors (Lipinski definition) is 1. The summed E-state index contributed by atoms with van der Waals surface area (Å²) in [7, 11) is 0. The SMILES string of the molecule is Cc1ccc(C(=O)N2CCC[C@@H](O)c3ccccc32)cc1. The van der Waals surface area contributed by atoms with Crippen molar-refractivity contribution in [3.8, 4) is 0 Å². The van der Waals surface area contributed by atoms with Crippen LogP contribution in [0.1, 0.15) is 40.4 Å². The van der Waals surface area contributed by atoms with Gasteiger partial charge in [-0.05, 0) is 38.0 Å². The smallest absolute Gasteiger partial charge is 0.258 e. The molecule has 3 nitrogen and oxygen atoms in total. The number of carbonyl (C=O) groups excluding carboxylic acids is 1. The first-order chi connectivity index (χ1) is 10.2. The molecule has 1 aliphatic rings. The van der Waals surface area contributed by atoms with Crippen LogP contribution in [-0.4, -0.2) is 17.6 Å². The molecule has 3 heteroatoms. The Balaban J connectivity index is 1.99. The molecule has 0 spiro atoms. The number of para-hydroxylation sites is 1. The van der Waals surface area contributed by atoms with Gasteiger partial charge >= 0.3 is 0 Å². The highest BCUT2D eigenvalue weighted by molar-refractivity contribution is 6.06. The van der Waals surface area contributed by atoms with Gasteiger partial charge in [0.25, 0.3) is 5.91 Å². The van der Waals surface area contributed by atoms with Crippen LogP contribution in [0.4, 0.5) is 5.69 Å². The number of anilines is 1. The Bertz CT molecular complexity index is 649. The summed E-state index contributed by atoms with van der Waals surface area (Å²) in [5.41, 5.74) is 3.49. The maximum absolute atomic E-state index is 12.8. The van der Waals surface area contributed by atoms with Gasteiger partial charge in [0.2, 0.25) is 0 Å². The highest BCUT2D eigenvalue weighted by Crippen LogP contribution is 2.33. The van der Waals surface area contributed by atoms with Crippen LogP contribution in [0.5, 0.6) is 0 Å². The number of carbonyl (C=O) groups is 1. The number of rotatable bonds is 1. The van der Waals surface area contributed by atoms with Crippen LogP contribution in [0, 0.1) is 6.92 Å². The first kappa shape index (κ1) is 13.8. The van der Waals surface area contributed by atoms with Crippen molar-refractivity contribution in [2.45, 2.75) is 25.9 Å². The van der Waals surface area contributed by atoms with Crippen molar-refractivity contribution in [2.24, 2.45) is 0 Å². The standard InChI is InChI=1S/C18H19NO2/c1-13-8-10-14(11-9-13)18(21)19-12-4-7-17(20)15-5-2-3-6-16(15)19/h2-3,5-6,8-11,17,20H,4,7,12H2,1H3/t17-/m1/s1. The van der Waals surface area contributed by atoms with Crippen LogP contribution < -0.4 is 4.90 Å². The van der Waals surface area contributed by atoms with Gasteiger partial charge in [0.1, 0.15) is 0 Å². The first-order valence-corrected chi connectivity index (χ1v) is 7.32. The normalized spacial score (nSPS) is 18.0. The van der Waals surface area contributed by atoms with Crippen LogP contribution in [0.3, 0.4) is 0 Å². The fraction of sp³-hybridized carbons (Fsp3) is 0.278. The maximum Gasteiger partial charge on any atom is 0.258 e. The van der Waals surface area contributed by atoms with Gasteiger partial charge in [0.05, 0.1) is 6.10 Å². The van der Waals surface area contributed by atoms with Crippen molar-refractivity contribution in [3.63, 3.8) is 0 Å². The largest absolute Gasteiger partial charge is 0.388 e. The molecule has 0 saturated carbocycles. The van der Waals surface area contributed by atoms with Gasteiger partial charge in [-0.2, -0.15) is 0 Å². The second kappa shape index (κ2) is 5.70. The summed E-state index contributed by atoms with van der Waals surface area (Å²) in [4.78, 5) is 14.6. The zero-order chi connectivity index (χ0) is 14.8. The third-order valence-electron chi connectivity index (χ3n) is 3.99. The Morgan fingerprint density at radius 3 is 2.62 bits per heavy atom. The molecular weight excluding hydrogens is 262 g/mol. The van der Waals surface area contributed by atoms with Gasteiger partial charge in [-0.15, -0.1) is 0 Å². The van der Waals surface area contributed by atoms with E-state index < -0.39 is 6.10 Å². The van der Waals surface area contributed by atoms with Gasteiger partial charge in [0, 0.05) is 23.4 Å². The molecule has 1 aliphatic heterocycles. The molecule has 0 bridgehead atoms. The topological polar surface area (TPSA) is 40.5 Å². The number of benzene rings is 2. The van der Waals surface area contributed by atoms with E-state index in [0.717, 1.165) is 23.2 Å². The number of aliphatic hydroxyl groups excluding tert-OH is 1. The molecule has 1 amide bonds. The average Bonchev–Trinajstić information content (AvgIpc) is 2.67. The molecule has 2 aromatic carbocycles. The van der Waals surface area contributed by atoms with E-state index in [1.807, 2.05) is 55.5 Å². The van der Waals surface area contributed by atoms with E-state index in [1.54, 1.807) is 4.90 Å². The number of hydrogen-bond acceptors (Lipinski definition) is 2. The number of aliphatic hydroxyl groups is 1. The highest BCUT2D eigenvalue weighted by Gasteiger charge is 2.25. The summed E-state index contributed by atoms with van der Waals surface area (Å²) in [5.74, 6) is -0.00319. The van der Waals surface area contributed by atoms with Crippen molar-refractivity contribution in [3.05, 3.63) is 65.2 Å². The number of fused-ring (bicyclic) bond motifs is 1. The summed E-state index contributed by atoms with van der Waals surface area (Å²) >= 11 is 0. The van der Waals surface area contributed by atoms with Crippen molar-refractivity contribution < 1.29 is 9.90 Å². The predicted octanol–water partition coefficient (Wildman–Crippen LogP) is 3.47. The lowest BCUT2D eigenvalue weighted by molar-refractivity contribution is 0.0986. The van der Waals surface area contributed by atoms with Gasteiger partial charge in [0.15, 0.2) is 0 Å². The number of aryl methyl sites for hydroxylation is 1. The summed E-state index contributed by atoms with van der Waals surface area (Å²) < 4.78 is 0. The van der Waals surface area contributed by atoms with E-state index >= 15 is 0 Å². The van der Waals surface area contributed by atoms with E-state index in [9.17, 15) is 9.90 Å². The maximum atomic E-state index is 12.8. The molecule has 0 unspecified atom stereocenters. The lowest BCUT2D eigenvalue weighted by Crippen LogP contribution is -2.31. The fourth-order valence-electron chi connectivity index (χ4n) is 2.80. The minimum absolute atomic E-state index is 0.00319. The quantitative estimate of drug-likeness (QED) is 0.869. The highest BCUT2D eigenvalue weighted by atomic mass is 16.3. The van der Waals surface area contributed by atoms with E-state index in [1.165, 1.54) is 0 Å². The van der Waals surface area contributed by atoms with Crippen molar-refractivity contribution in [1.82, 2.24) is 0 Å². The van der Waals surface area contributed by atoms with Crippen LogP contribution in [0.2, 0.25) is 0 Å². The molecule has 3 rings (SSSR count). The van der Waals surface area contributed by atoms with Crippen LogP contribution in [-0.2, 0) is 0 Å². The molecule has 0 aliphatic carbocycles. The lowest BCUT2D eigenvalue weighted by Gasteiger charge is -2.23. The Morgan fingerprint density at radius 2 is 1.86 bits per heavy atom. The third kappa shape index (κ3) is 2.69. The monoisotopic (exact) mass is 281 g/mol. The second-order valence-electron chi connectivity index (χ2n) is 5.54. The van der Waals surface area contributed by atoms with Crippen molar-refractivity contribution in [2.75, 3.05) is 11.4 Å². The minimum atomic E-state index is -0.489. The zero-order valence-electron chi connectivity index (χ0n) is 12.1. The summed E-state index contributed by atoms with van der Waals surface area (Å²) in [6.45, 7) is 2.65. The van der Waals surface area contributed by atoms with E-state index in [-0.39, 0.29) is 5.91 Å². The molecule has 0 fully saturated rings. The molecule has 0 radical (unpaired) electrons. The fourth-order valence-corrected chi connectivity index (χ4v) is 2.80. The predicted molar refractivity (Wildman–Crippen MR) is 83.5 cm³/mol. The van der Waals surface area contributed by atoms with Crippen LogP contribution in [0.25, 0.3) is 0 Å². The van der Waals surface area contributed by atoms with E-state index in [0.29, 0.717) is 18.5 Å². The van der Waals surface area contributed by atoms with Gasteiger partial charge < -0.3 is 10.0 Å². The summed E-state index contributed by atoms with van der Waals surface area (Å²) in [6, 6.07) is 15.3. The molecular formula is C18H19NO2.